The van der Waals surface area contributed by atoms with Crippen LogP contribution in [0.25, 0.3) is 0 Å². The summed E-state index contributed by atoms with van der Waals surface area (Å²) in [6.07, 6.45) is 11.4. The van der Waals surface area contributed by atoms with E-state index in [1.807, 2.05) is 0 Å². The fraction of sp³-hybridized carbons (Fsp3) is 0.667. The highest BCUT2D eigenvalue weighted by atomic mass is 16.2. The van der Waals surface area contributed by atoms with Crippen LogP contribution in [-0.2, 0) is 4.79 Å². The van der Waals surface area contributed by atoms with Crippen LogP contribution in [0.3, 0.4) is 0 Å². The summed E-state index contributed by atoms with van der Waals surface area (Å²) in [7, 11) is 0. The lowest BCUT2D eigenvalue weighted by Crippen LogP contribution is -2.25. The minimum Gasteiger partial charge on any atom is -0.352 e. The molecule has 94 valence electrons. The molecule has 1 fully saturated rings. The SMILES string of the molecule is CC1=CC(C)C(/C=C\CNC(=O)C2CC2)CC1. The van der Waals surface area contributed by atoms with E-state index in [4.69, 9.17) is 0 Å². The number of hydrogen-bond acceptors (Lipinski definition) is 1. The monoisotopic (exact) mass is 233 g/mol. The van der Waals surface area contributed by atoms with Gasteiger partial charge in [0.05, 0.1) is 0 Å². The highest BCUT2D eigenvalue weighted by Gasteiger charge is 2.28. The van der Waals surface area contributed by atoms with Crippen molar-refractivity contribution >= 4 is 5.91 Å². The Labute approximate surface area is 104 Å². The Morgan fingerprint density at radius 2 is 2.24 bits per heavy atom. The van der Waals surface area contributed by atoms with Gasteiger partial charge in [-0.3, -0.25) is 4.79 Å². The number of carbonyl (C=O) groups is 1. The van der Waals surface area contributed by atoms with Crippen molar-refractivity contribution in [3.05, 3.63) is 23.8 Å². The molecule has 2 heteroatoms. The number of nitrogens with one attached hydrogen (secondary N) is 1. The van der Waals surface area contributed by atoms with Gasteiger partial charge >= 0.3 is 0 Å². The van der Waals surface area contributed by atoms with E-state index in [9.17, 15) is 4.79 Å². The molecule has 2 unspecified atom stereocenters. The average Bonchev–Trinajstić information content (AvgIpc) is 3.10. The van der Waals surface area contributed by atoms with Crippen molar-refractivity contribution in [2.75, 3.05) is 6.54 Å². The second-order valence-electron chi connectivity index (χ2n) is 5.52. The summed E-state index contributed by atoms with van der Waals surface area (Å²) < 4.78 is 0. The third-order valence-corrected chi connectivity index (χ3v) is 3.82. The molecule has 0 radical (unpaired) electrons. The van der Waals surface area contributed by atoms with Crippen LogP contribution in [0.5, 0.6) is 0 Å². The molecule has 0 aliphatic heterocycles. The Morgan fingerprint density at radius 1 is 1.47 bits per heavy atom. The highest BCUT2D eigenvalue weighted by Crippen LogP contribution is 2.29. The predicted octanol–water partition coefficient (Wildman–Crippen LogP) is 3.06. The van der Waals surface area contributed by atoms with E-state index in [0.29, 0.717) is 24.3 Å². The van der Waals surface area contributed by atoms with E-state index < -0.39 is 0 Å². The average molecular weight is 233 g/mol. The molecule has 0 spiro atoms. The molecular formula is C15H23NO. The van der Waals surface area contributed by atoms with Gasteiger partial charge < -0.3 is 5.32 Å². The molecule has 1 saturated carbocycles. The molecule has 0 aromatic rings. The molecule has 0 aromatic carbocycles. The van der Waals surface area contributed by atoms with Crippen LogP contribution in [0.4, 0.5) is 0 Å². The molecular weight excluding hydrogens is 210 g/mol. The predicted molar refractivity (Wildman–Crippen MR) is 70.5 cm³/mol. The summed E-state index contributed by atoms with van der Waals surface area (Å²) in [6, 6.07) is 0. The first-order valence-corrected chi connectivity index (χ1v) is 6.78. The zero-order valence-corrected chi connectivity index (χ0v) is 10.9. The van der Waals surface area contributed by atoms with Crippen LogP contribution < -0.4 is 5.32 Å². The van der Waals surface area contributed by atoms with Crippen LogP contribution >= 0.6 is 0 Å². The summed E-state index contributed by atoms with van der Waals surface area (Å²) in [5.74, 6) is 1.85. The van der Waals surface area contributed by atoms with Gasteiger partial charge in [0.1, 0.15) is 0 Å². The third-order valence-electron chi connectivity index (χ3n) is 3.82. The first kappa shape index (κ1) is 12.4. The van der Waals surface area contributed by atoms with E-state index in [-0.39, 0.29) is 5.91 Å². The quantitative estimate of drug-likeness (QED) is 0.743. The lowest BCUT2D eigenvalue weighted by Gasteiger charge is -2.24. The van der Waals surface area contributed by atoms with Gasteiger partial charge in [-0.2, -0.15) is 0 Å². The fourth-order valence-corrected chi connectivity index (χ4v) is 2.48. The van der Waals surface area contributed by atoms with Crippen molar-refractivity contribution in [1.82, 2.24) is 5.32 Å². The molecule has 0 heterocycles. The maximum atomic E-state index is 11.4. The Balaban J connectivity index is 1.71. The summed E-state index contributed by atoms with van der Waals surface area (Å²) in [6.45, 7) is 5.19. The van der Waals surface area contributed by atoms with Gasteiger partial charge in [0.15, 0.2) is 0 Å². The molecule has 2 aliphatic carbocycles. The Hall–Kier alpha value is -1.05. The van der Waals surface area contributed by atoms with Crippen molar-refractivity contribution in [2.45, 2.75) is 39.5 Å². The first-order chi connectivity index (χ1) is 8.16. The van der Waals surface area contributed by atoms with Gasteiger partial charge in [-0.05, 0) is 44.4 Å². The molecule has 2 aliphatic rings. The number of amides is 1. The summed E-state index contributed by atoms with van der Waals surface area (Å²) in [5.41, 5.74) is 1.52. The summed E-state index contributed by atoms with van der Waals surface area (Å²) in [5, 5.41) is 2.97. The standard InChI is InChI=1S/C15H23NO/c1-11-5-6-13(12(2)10-11)4-3-9-16-15(17)14-7-8-14/h3-4,10,12-14H,5-9H2,1-2H3,(H,16,17)/b4-3-. The second kappa shape index (κ2) is 5.52. The van der Waals surface area contributed by atoms with Crippen LogP contribution in [0.1, 0.15) is 39.5 Å². The number of hydrogen-bond donors (Lipinski definition) is 1. The van der Waals surface area contributed by atoms with Crippen LogP contribution in [0.15, 0.2) is 23.8 Å². The van der Waals surface area contributed by atoms with Crippen molar-refractivity contribution in [1.29, 1.82) is 0 Å². The molecule has 0 saturated heterocycles. The van der Waals surface area contributed by atoms with E-state index in [1.54, 1.807) is 0 Å². The van der Waals surface area contributed by atoms with Crippen LogP contribution in [0, 0.1) is 17.8 Å². The fourth-order valence-electron chi connectivity index (χ4n) is 2.48. The van der Waals surface area contributed by atoms with Crippen molar-refractivity contribution in [3.63, 3.8) is 0 Å². The van der Waals surface area contributed by atoms with Crippen LogP contribution in [-0.4, -0.2) is 12.5 Å². The van der Waals surface area contributed by atoms with E-state index in [1.165, 1.54) is 18.4 Å². The highest BCUT2D eigenvalue weighted by molar-refractivity contribution is 5.80. The number of allylic oxidation sites excluding steroid dienone is 3. The number of carbonyl (C=O) groups excluding carboxylic acids is 1. The lowest BCUT2D eigenvalue weighted by atomic mass is 9.82. The zero-order chi connectivity index (χ0) is 12.3. The zero-order valence-electron chi connectivity index (χ0n) is 10.9. The van der Waals surface area contributed by atoms with Gasteiger partial charge in [0.25, 0.3) is 0 Å². The van der Waals surface area contributed by atoms with Gasteiger partial charge in [0.2, 0.25) is 5.91 Å². The minimum atomic E-state index is 0.238. The normalized spacial score (nSPS) is 29.2. The maximum Gasteiger partial charge on any atom is 0.223 e. The molecule has 2 atom stereocenters. The smallest absolute Gasteiger partial charge is 0.223 e. The second-order valence-corrected chi connectivity index (χ2v) is 5.52. The van der Waals surface area contributed by atoms with E-state index in [0.717, 1.165) is 12.8 Å². The van der Waals surface area contributed by atoms with Crippen LogP contribution in [0.2, 0.25) is 0 Å². The van der Waals surface area contributed by atoms with Gasteiger partial charge in [0, 0.05) is 12.5 Å². The van der Waals surface area contributed by atoms with E-state index in [2.05, 4.69) is 37.4 Å². The molecule has 1 N–H and O–H groups in total. The molecule has 2 rings (SSSR count). The Kier molecular flexibility index (Phi) is 4.03. The van der Waals surface area contributed by atoms with Gasteiger partial charge in [-0.15, -0.1) is 0 Å². The van der Waals surface area contributed by atoms with E-state index >= 15 is 0 Å². The molecule has 17 heavy (non-hydrogen) atoms. The Bertz CT molecular complexity index is 339. The minimum absolute atomic E-state index is 0.238. The summed E-state index contributed by atoms with van der Waals surface area (Å²) >= 11 is 0. The molecule has 0 bridgehead atoms. The van der Waals surface area contributed by atoms with Gasteiger partial charge in [-0.25, -0.2) is 0 Å². The van der Waals surface area contributed by atoms with Crippen molar-refractivity contribution in [3.8, 4) is 0 Å². The molecule has 1 amide bonds. The third kappa shape index (κ3) is 3.72. The van der Waals surface area contributed by atoms with Crippen molar-refractivity contribution in [2.24, 2.45) is 17.8 Å². The topological polar surface area (TPSA) is 29.1 Å². The lowest BCUT2D eigenvalue weighted by molar-refractivity contribution is -0.122. The first-order valence-electron chi connectivity index (χ1n) is 6.78. The number of rotatable bonds is 4. The Morgan fingerprint density at radius 3 is 2.88 bits per heavy atom. The maximum absolute atomic E-state index is 11.4. The summed E-state index contributed by atoms with van der Waals surface area (Å²) in [4.78, 5) is 11.4. The molecule has 2 nitrogen and oxygen atoms in total. The largest absolute Gasteiger partial charge is 0.352 e. The van der Waals surface area contributed by atoms with Gasteiger partial charge in [-0.1, -0.05) is 30.7 Å². The molecule has 0 aromatic heterocycles. The van der Waals surface area contributed by atoms with Crippen molar-refractivity contribution < 1.29 is 4.79 Å².